The normalized spacial score (nSPS) is 16.8. The maximum Gasteiger partial charge on any atom is 0.124 e. The summed E-state index contributed by atoms with van der Waals surface area (Å²) < 4.78 is 8.80. The molecule has 5 heteroatoms. The number of nitrogens with zero attached hydrogens (tertiary/aromatic N) is 3. The van der Waals surface area contributed by atoms with Crippen LogP contribution in [0.5, 0.6) is 5.75 Å². The summed E-state index contributed by atoms with van der Waals surface area (Å²) in [6.45, 7) is 8.71. The van der Waals surface area contributed by atoms with E-state index in [1.807, 2.05) is 35.0 Å². The van der Waals surface area contributed by atoms with E-state index in [4.69, 9.17) is 4.74 Å². The van der Waals surface area contributed by atoms with E-state index in [9.17, 15) is 0 Å². The molecular weight excluding hydrogens is 330 g/mol. The van der Waals surface area contributed by atoms with Gasteiger partial charge in [0.1, 0.15) is 22.8 Å². The van der Waals surface area contributed by atoms with Crippen LogP contribution in [0.4, 0.5) is 0 Å². The number of rotatable bonds is 3. The van der Waals surface area contributed by atoms with E-state index in [0.29, 0.717) is 6.10 Å². The number of likely N-dealkylation sites (tertiary alicyclic amines) is 1. The van der Waals surface area contributed by atoms with Crippen molar-refractivity contribution < 1.29 is 4.74 Å². The fourth-order valence-corrected chi connectivity index (χ4v) is 2.70. The highest BCUT2D eigenvalue weighted by atomic mass is 79.9. The molecule has 0 unspecified atom stereocenters. The van der Waals surface area contributed by atoms with Gasteiger partial charge in [-0.15, -0.1) is 0 Å². The van der Waals surface area contributed by atoms with Gasteiger partial charge in [-0.3, -0.25) is 4.90 Å². The number of aromatic nitrogens is 2. The average Bonchev–Trinajstić information content (AvgIpc) is 2.79. The lowest BCUT2D eigenvalue weighted by atomic mass is 9.99. The third kappa shape index (κ3) is 3.30. The minimum absolute atomic E-state index is 0.235. The van der Waals surface area contributed by atoms with Gasteiger partial charge in [0.05, 0.1) is 0 Å². The Hall–Kier alpha value is -1.33. The summed E-state index contributed by atoms with van der Waals surface area (Å²) in [4.78, 5) is 6.59. The van der Waals surface area contributed by atoms with E-state index in [1.54, 1.807) is 6.33 Å². The van der Waals surface area contributed by atoms with Gasteiger partial charge in [-0.25, -0.2) is 4.98 Å². The molecule has 0 atom stereocenters. The number of ether oxygens (including phenoxy) is 1. The van der Waals surface area contributed by atoms with Crippen LogP contribution in [0.25, 0.3) is 5.69 Å². The van der Waals surface area contributed by atoms with Crippen LogP contribution in [-0.2, 0) is 0 Å². The smallest absolute Gasteiger partial charge is 0.124 e. The van der Waals surface area contributed by atoms with Gasteiger partial charge in [0.2, 0.25) is 0 Å². The molecule has 0 radical (unpaired) electrons. The molecular formula is C16H20BrN3O. The average molecular weight is 350 g/mol. The lowest BCUT2D eigenvalue weighted by Gasteiger charge is -2.47. The minimum Gasteiger partial charge on any atom is -0.488 e. The Labute approximate surface area is 133 Å². The minimum atomic E-state index is 0.235. The van der Waals surface area contributed by atoms with E-state index in [-0.39, 0.29) is 5.54 Å². The van der Waals surface area contributed by atoms with Crippen molar-refractivity contribution in [1.29, 1.82) is 0 Å². The Kier molecular flexibility index (Phi) is 3.80. The summed E-state index contributed by atoms with van der Waals surface area (Å²) in [6, 6.07) is 8.12. The van der Waals surface area contributed by atoms with Crippen molar-refractivity contribution in [2.45, 2.75) is 32.4 Å². The highest BCUT2D eigenvalue weighted by Gasteiger charge is 2.35. The second-order valence-electron chi connectivity index (χ2n) is 6.41. The fraction of sp³-hybridized carbons (Fsp3) is 0.438. The monoisotopic (exact) mass is 349 g/mol. The highest BCUT2D eigenvalue weighted by molar-refractivity contribution is 9.10. The largest absolute Gasteiger partial charge is 0.488 e. The summed E-state index contributed by atoms with van der Waals surface area (Å²) >= 11 is 3.35. The maximum absolute atomic E-state index is 6.00. The number of halogens is 1. The quantitative estimate of drug-likeness (QED) is 0.849. The predicted octanol–water partition coefficient (Wildman–Crippen LogP) is 3.50. The van der Waals surface area contributed by atoms with Crippen LogP contribution in [0.2, 0.25) is 0 Å². The number of benzene rings is 1. The first-order valence-corrected chi connectivity index (χ1v) is 7.93. The molecule has 0 amide bonds. The molecule has 112 valence electrons. The van der Waals surface area contributed by atoms with Crippen LogP contribution in [-0.4, -0.2) is 39.2 Å². The molecule has 0 N–H and O–H groups in total. The lowest BCUT2D eigenvalue weighted by molar-refractivity contribution is -0.0349. The maximum atomic E-state index is 6.00. The first kappa shape index (κ1) is 14.6. The van der Waals surface area contributed by atoms with E-state index in [1.165, 1.54) is 0 Å². The fourth-order valence-electron chi connectivity index (χ4n) is 2.39. The van der Waals surface area contributed by atoms with E-state index in [2.05, 4.69) is 46.6 Å². The molecule has 1 saturated heterocycles. The second-order valence-corrected chi connectivity index (χ2v) is 7.23. The first-order chi connectivity index (χ1) is 9.91. The number of hydrogen-bond donors (Lipinski definition) is 0. The van der Waals surface area contributed by atoms with Crippen LogP contribution in [0.1, 0.15) is 20.8 Å². The van der Waals surface area contributed by atoms with Crippen molar-refractivity contribution in [3.63, 3.8) is 0 Å². The first-order valence-electron chi connectivity index (χ1n) is 7.13. The lowest BCUT2D eigenvalue weighted by Crippen LogP contribution is -2.60. The molecule has 2 aromatic rings. The van der Waals surface area contributed by atoms with E-state index in [0.717, 1.165) is 29.1 Å². The predicted molar refractivity (Wildman–Crippen MR) is 87.0 cm³/mol. The van der Waals surface area contributed by atoms with Crippen molar-refractivity contribution in [1.82, 2.24) is 14.5 Å². The van der Waals surface area contributed by atoms with Crippen molar-refractivity contribution >= 4 is 15.9 Å². The Morgan fingerprint density at radius 3 is 2.38 bits per heavy atom. The van der Waals surface area contributed by atoms with Crippen molar-refractivity contribution in [3.05, 3.63) is 41.4 Å². The van der Waals surface area contributed by atoms with Crippen LogP contribution >= 0.6 is 15.9 Å². The SMILES string of the molecule is CC(C)(C)N1CC(Oc2ccc(-n3cnc(Br)c3)cc2)C1. The molecule has 1 aliphatic rings. The topological polar surface area (TPSA) is 30.3 Å². The molecule has 2 heterocycles. The van der Waals surface area contributed by atoms with Crippen LogP contribution < -0.4 is 4.74 Å². The van der Waals surface area contributed by atoms with Gasteiger partial charge in [0, 0.05) is 30.5 Å². The zero-order valence-electron chi connectivity index (χ0n) is 12.6. The Morgan fingerprint density at radius 1 is 1.19 bits per heavy atom. The molecule has 1 aliphatic heterocycles. The van der Waals surface area contributed by atoms with Crippen LogP contribution in [0.3, 0.4) is 0 Å². The molecule has 3 rings (SSSR count). The third-order valence-electron chi connectivity index (χ3n) is 3.79. The zero-order valence-corrected chi connectivity index (χ0v) is 14.2. The molecule has 21 heavy (non-hydrogen) atoms. The standard InChI is InChI=1S/C16H20BrN3O/c1-16(2,3)20-8-14(9-20)21-13-6-4-12(5-7-13)19-10-15(17)18-11-19/h4-7,10-11,14H,8-9H2,1-3H3. The number of hydrogen-bond acceptors (Lipinski definition) is 3. The van der Waals surface area contributed by atoms with Gasteiger partial charge in [0.25, 0.3) is 0 Å². The Bertz CT molecular complexity index is 609. The van der Waals surface area contributed by atoms with Crippen molar-refractivity contribution in [2.24, 2.45) is 0 Å². The molecule has 0 aliphatic carbocycles. The van der Waals surface area contributed by atoms with Gasteiger partial charge in [-0.1, -0.05) is 0 Å². The highest BCUT2D eigenvalue weighted by Crippen LogP contribution is 2.25. The van der Waals surface area contributed by atoms with Gasteiger partial charge in [0.15, 0.2) is 0 Å². The molecule has 1 aromatic carbocycles. The molecule has 1 aromatic heterocycles. The Balaban J connectivity index is 1.59. The van der Waals surface area contributed by atoms with E-state index >= 15 is 0 Å². The second kappa shape index (κ2) is 5.46. The summed E-state index contributed by atoms with van der Waals surface area (Å²) in [6.07, 6.45) is 4.02. The molecule has 0 bridgehead atoms. The van der Waals surface area contributed by atoms with Crippen molar-refractivity contribution in [3.8, 4) is 11.4 Å². The van der Waals surface area contributed by atoms with Gasteiger partial charge < -0.3 is 9.30 Å². The van der Waals surface area contributed by atoms with Crippen LogP contribution in [0.15, 0.2) is 41.4 Å². The summed E-state index contributed by atoms with van der Waals surface area (Å²) in [5.74, 6) is 0.927. The number of imidazole rings is 1. The summed E-state index contributed by atoms with van der Waals surface area (Å²) in [5.41, 5.74) is 1.31. The van der Waals surface area contributed by atoms with E-state index < -0.39 is 0 Å². The molecule has 0 saturated carbocycles. The summed E-state index contributed by atoms with van der Waals surface area (Å²) in [5, 5.41) is 0. The molecule has 4 nitrogen and oxygen atoms in total. The van der Waals surface area contributed by atoms with Gasteiger partial charge in [-0.2, -0.15) is 0 Å². The third-order valence-corrected chi connectivity index (χ3v) is 4.19. The Morgan fingerprint density at radius 2 is 1.86 bits per heavy atom. The molecule has 0 spiro atoms. The summed E-state index contributed by atoms with van der Waals surface area (Å²) in [7, 11) is 0. The van der Waals surface area contributed by atoms with Crippen molar-refractivity contribution in [2.75, 3.05) is 13.1 Å². The van der Waals surface area contributed by atoms with Gasteiger partial charge >= 0.3 is 0 Å². The van der Waals surface area contributed by atoms with Crippen LogP contribution in [0, 0.1) is 0 Å². The molecule has 1 fully saturated rings. The zero-order chi connectivity index (χ0) is 15.0. The van der Waals surface area contributed by atoms with Gasteiger partial charge in [-0.05, 0) is 61.0 Å².